The molecule has 122 valence electrons. The summed E-state index contributed by atoms with van der Waals surface area (Å²) in [6, 6.07) is 16.3. The summed E-state index contributed by atoms with van der Waals surface area (Å²) in [5, 5.41) is 8.58. The highest BCUT2D eigenvalue weighted by Gasteiger charge is 2.29. The molecule has 1 aliphatic rings. The molecule has 0 amide bonds. The third-order valence-corrected chi connectivity index (χ3v) is 4.66. The molecule has 1 aliphatic heterocycles. The third kappa shape index (κ3) is 2.71. The summed E-state index contributed by atoms with van der Waals surface area (Å²) < 4.78 is 7.18. The minimum Gasteiger partial charge on any atom is -0.497 e. The highest BCUT2D eigenvalue weighted by molar-refractivity contribution is 6.30. The summed E-state index contributed by atoms with van der Waals surface area (Å²) in [6.07, 6.45) is 2.46. The minimum atomic E-state index is 0.119. The van der Waals surface area contributed by atoms with Crippen molar-refractivity contribution in [2.75, 3.05) is 12.4 Å². The molecule has 0 saturated heterocycles. The molecule has 0 saturated carbocycles. The molecular formula is C18H17ClN4O. The van der Waals surface area contributed by atoms with E-state index in [1.165, 1.54) is 11.1 Å². The summed E-state index contributed by atoms with van der Waals surface area (Å²) >= 11 is 6.02. The van der Waals surface area contributed by atoms with E-state index >= 15 is 0 Å². The van der Waals surface area contributed by atoms with Crippen molar-refractivity contribution in [2.45, 2.75) is 18.5 Å². The van der Waals surface area contributed by atoms with Gasteiger partial charge in [0.05, 0.1) is 19.2 Å². The van der Waals surface area contributed by atoms with E-state index < -0.39 is 0 Å². The van der Waals surface area contributed by atoms with Crippen molar-refractivity contribution in [1.82, 2.24) is 14.8 Å². The largest absolute Gasteiger partial charge is 0.497 e. The van der Waals surface area contributed by atoms with Crippen LogP contribution in [0.15, 0.2) is 54.9 Å². The Bertz CT molecular complexity index is 829. The standard InChI is InChI=1S/C18H17ClN4O/c1-24-15-8-4-12(5-9-15)16-10-17(13-2-6-14(19)7-3-13)23-18(22-16)20-11-21-23/h2-9,11,16-17H,10H2,1H3,(H,20,21,22). The Hall–Kier alpha value is -2.53. The third-order valence-electron chi connectivity index (χ3n) is 4.40. The van der Waals surface area contributed by atoms with Gasteiger partial charge in [-0.15, -0.1) is 0 Å². The average Bonchev–Trinajstić information content (AvgIpc) is 3.10. The van der Waals surface area contributed by atoms with Gasteiger partial charge < -0.3 is 10.1 Å². The van der Waals surface area contributed by atoms with Gasteiger partial charge in [-0.2, -0.15) is 10.1 Å². The topological polar surface area (TPSA) is 52.0 Å². The van der Waals surface area contributed by atoms with Gasteiger partial charge in [-0.05, 0) is 41.8 Å². The molecular weight excluding hydrogens is 324 g/mol. The molecule has 0 fully saturated rings. The maximum absolute atomic E-state index is 6.02. The molecule has 3 aromatic rings. The molecule has 0 spiro atoms. The molecule has 4 rings (SSSR count). The maximum atomic E-state index is 6.02. The molecule has 5 nitrogen and oxygen atoms in total. The number of aromatic nitrogens is 3. The van der Waals surface area contributed by atoms with E-state index in [4.69, 9.17) is 16.3 Å². The second-order valence-corrected chi connectivity index (χ2v) is 6.24. The second-order valence-electron chi connectivity index (χ2n) is 5.80. The van der Waals surface area contributed by atoms with Crippen LogP contribution in [0.4, 0.5) is 5.95 Å². The molecule has 2 unspecified atom stereocenters. The van der Waals surface area contributed by atoms with Crippen LogP contribution in [-0.2, 0) is 0 Å². The fourth-order valence-corrected chi connectivity index (χ4v) is 3.26. The van der Waals surface area contributed by atoms with E-state index in [2.05, 4.69) is 39.7 Å². The number of nitrogens with one attached hydrogen (secondary N) is 1. The normalized spacial score (nSPS) is 19.4. The van der Waals surface area contributed by atoms with Crippen LogP contribution in [0.2, 0.25) is 5.02 Å². The predicted molar refractivity (Wildman–Crippen MR) is 93.6 cm³/mol. The van der Waals surface area contributed by atoms with Crippen molar-refractivity contribution >= 4 is 17.5 Å². The first-order valence-electron chi connectivity index (χ1n) is 7.80. The Balaban J connectivity index is 1.68. The van der Waals surface area contributed by atoms with E-state index in [-0.39, 0.29) is 12.1 Å². The Morgan fingerprint density at radius 3 is 2.50 bits per heavy atom. The number of hydrogen-bond acceptors (Lipinski definition) is 4. The molecule has 24 heavy (non-hydrogen) atoms. The number of ether oxygens (including phenoxy) is 1. The summed E-state index contributed by atoms with van der Waals surface area (Å²) in [7, 11) is 1.67. The average molecular weight is 341 g/mol. The van der Waals surface area contributed by atoms with Crippen LogP contribution < -0.4 is 10.1 Å². The number of nitrogens with zero attached hydrogens (tertiary/aromatic N) is 3. The summed E-state index contributed by atoms with van der Waals surface area (Å²) in [4.78, 5) is 4.35. The molecule has 6 heteroatoms. The van der Waals surface area contributed by atoms with Gasteiger partial charge in [-0.3, -0.25) is 0 Å². The summed E-state index contributed by atoms with van der Waals surface area (Å²) in [5.41, 5.74) is 2.37. The summed E-state index contributed by atoms with van der Waals surface area (Å²) in [6.45, 7) is 0. The molecule has 2 aromatic carbocycles. The summed E-state index contributed by atoms with van der Waals surface area (Å²) in [5.74, 6) is 1.63. The Labute approximate surface area is 145 Å². The maximum Gasteiger partial charge on any atom is 0.222 e. The monoisotopic (exact) mass is 340 g/mol. The van der Waals surface area contributed by atoms with E-state index in [1.54, 1.807) is 13.4 Å². The van der Waals surface area contributed by atoms with Gasteiger partial charge >= 0.3 is 0 Å². The van der Waals surface area contributed by atoms with Crippen LogP contribution in [0.3, 0.4) is 0 Å². The van der Waals surface area contributed by atoms with Crippen LogP contribution in [-0.4, -0.2) is 21.9 Å². The Morgan fingerprint density at radius 1 is 1.08 bits per heavy atom. The van der Waals surface area contributed by atoms with Gasteiger partial charge in [-0.1, -0.05) is 35.9 Å². The number of halogens is 1. The van der Waals surface area contributed by atoms with E-state index in [9.17, 15) is 0 Å². The van der Waals surface area contributed by atoms with Gasteiger partial charge in [-0.25, -0.2) is 4.68 Å². The zero-order valence-corrected chi connectivity index (χ0v) is 13.9. The number of fused-ring (bicyclic) bond motifs is 1. The molecule has 2 atom stereocenters. The molecule has 0 bridgehead atoms. The SMILES string of the molecule is COc1ccc(C2CC(c3ccc(Cl)cc3)n3ncnc3N2)cc1. The second kappa shape index (κ2) is 6.17. The predicted octanol–water partition coefficient (Wildman–Crippen LogP) is 4.09. The fourth-order valence-electron chi connectivity index (χ4n) is 3.14. The highest BCUT2D eigenvalue weighted by Crippen LogP contribution is 2.37. The molecule has 1 N–H and O–H groups in total. The van der Waals surface area contributed by atoms with Crippen molar-refractivity contribution in [1.29, 1.82) is 0 Å². The number of rotatable bonds is 3. The number of benzene rings is 2. The van der Waals surface area contributed by atoms with Crippen LogP contribution in [0.1, 0.15) is 29.6 Å². The van der Waals surface area contributed by atoms with Crippen molar-refractivity contribution in [3.8, 4) is 5.75 Å². The number of hydrogen-bond donors (Lipinski definition) is 1. The van der Waals surface area contributed by atoms with Crippen LogP contribution in [0.25, 0.3) is 0 Å². The number of methoxy groups -OCH3 is 1. The lowest BCUT2D eigenvalue weighted by Gasteiger charge is -2.31. The fraction of sp³-hybridized carbons (Fsp3) is 0.222. The van der Waals surface area contributed by atoms with Gasteiger partial charge in [0, 0.05) is 5.02 Å². The van der Waals surface area contributed by atoms with Gasteiger partial charge in [0.1, 0.15) is 12.1 Å². The molecule has 0 radical (unpaired) electrons. The van der Waals surface area contributed by atoms with Gasteiger partial charge in [0.2, 0.25) is 5.95 Å². The minimum absolute atomic E-state index is 0.119. The van der Waals surface area contributed by atoms with E-state index in [0.29, 0.717) is 0 Å². The van der Waals surface area contributed by atoms with Crippen molar-refractivity contribution in [3.63, 3.8) is 0 Å². The lowest BCUT2D eigenvalue weighted by atomic mass is 9.93. The molecule has 1 aromatic heterocycles. The first-order valence-corrected chi connectivity index (χ1v) is 8.18. The highest BCUT2D eigenvalue weighted by atomic mass is 35.5. The molecule has 2 heterocycles. The van der Waals surface area contributed by atoms with E-state index in [1.807, 2.05) is 28.9 Å². The van der Waals surface area contributed by atoms with Crippen LogP contribution in [0.5, 0.6) is 5.75 Å². The van der Waals surface area contributed by atoms with Gasteiger partial charge in [0.15, 0.2) is 0 Å². The smallest absolute Gasteiger partial charge is 0.222 e. The lowest BCUT2D eigenvalue weighted by molar-refractivity contribution is 0.413. The Kier molecular flexibility index (Phi) is 3.86. The quantitative estimate of drug-likeness (QED) is 0.780. The van der Waals surface area contributed by atoms with Gasteiger partial charge in [0.25, 0.3) is 0 Å². The Morgan fingerprint density at radius 2 is 1.79 bits per heavy atom. The number of anilines is 1. The van der Waals surface area contributed by atoms with E-state index in [0.717, 1.165) is 23.1 Å². The molecule has 0 aliphatic carbocycles. The zero-order valence-electron chi connectivity index (χ0n) is 13.2. The first kappa shape index (κ1) is 15.0. The van der Waals surface area contributed by atoms with Crippen LogP contribution >= 0.6 is 11.6 Å². The zero-order chi connectivity index (χ0) is 16.5. The lowest BCUT2D eigenvalue weighted by Crippen LogP contribution is -2.28. The van der Waals surface area contributed by atoms with Crippen LogP contribution in [0, 0.1) is 0 Å². The van der Waals surface area contributed by atoms with Crippen molar-refractivity contribution in [3.05, 3.63) is 71.0 Å². The first-order chi connectivity index (χ1) is 11.7. The van der Waals surface area contributed by atoms with Crippen molar-refractivity contribution < 1.29 is 4.74 Å². The van der Waals surface area contributed by atoms with Crippen molar-refractivity contribution in [2.24, 2.45) is 0 Å².